The highest BCUT2D eigenvalue weighted by molar-refractivity contribution is 7.91. The van der Waals surface area contributed by atoms with Crippen molar-refractivity contribution in [2.45, 2.75) is 25.8 Å². The summed E-state index contributed by atoms with van der Waals surface area (Å²) in [6, 6.07) is 14.6. The smallest absolute Gasteiger partial charge is 0.150 e. The monoisotopic (exact) mass is 358 g/mol. The largest absolute Gasteiger partial charge is 0.299 e. The van der Waals surface area contributed by atoms with Gasteiger partial charge in [0.2, 0.25) is 0 Å². The molecule has 1 aromatic heterocycles. The third-order valence-electron chi connectivity index (χ3n) is 4.87. The van der Waals surface area contributed by atoms with E-state index in [4.69, 9.17) is 0 Å². The average Bonchev–Trinajstić information content (AvgIpc) is 2.98. The summed E-state index contributed by atoms with van der Waals surface area (Å²) in [6.07, 6.45) is 6.48. The molecule has 25 heavy (non-hydrogen) atoms. The molecular weight excluding hydrogens is 332 g/mol. The number of aromatic nitrogens is 1. The van der Waals surface area contributed by atoms with Gasteiger partial charge in [0.25, 0.3) is 0 Å². The summed E-state index contributed by atoms with van der Waals surface area (Å²) in [5, 5.41) is 0. The van der Waals surface area contributed by atoms with E-state index in [9.17, 15) is 8.42 Å². The Morgan fingerprint density at radius 3 is 2.52 bits per heavy atom. The van der Waals surface area contributed by atoms with Crippen molar-refractivity contribution in [3.8, 4) is 0 Å². The van der Waals surface area contributed by atoms with Gasteiger partial charge >= 0.3 is 0 Å². The fraction of sp³-hybridized carbons (Fsp3) is 0.450. The van der Waals surface area contributed by atoms with Crippen LogP contribution >= 0.6 is 0 Å². The van der Waals surface area contributed by atoms with E-state index < -0.39 is 9.84 Å². The van der Waals surface area contributed by atoms with Crippen molar-refractivity contribution in [1.82, 2.24) is 9.88 Å². The number of benzene rings is 1. The third-order valence-corrected chi connectivity index (χ3v) is 6.71. The lowest BCUT2D eigenvalue weighted by molar-refractivity contribution is 0.250. The van der Waals surface area contributed by atoms with E-state index >= 15 is 0 Å². The number of sulfone groups is 1. The van der Waals surface area contributed by atoms with Gasteiger partial charge in [0.15, 0.2) is 9.84 Å². The SMILES string of the molecule is O=S1(=O)CCC(CCN(CCc2ccccc2)Cc2cccnc2)C1. The Bertz CT molecular complexity index is 748. The maximum atomic E-state index is 11.7. The quantitative estimate of drug-likeness (QED) is 0.728. The van der Waals surface area contributed by atoms with Crippen LogP contribution in [0.3, 0.4) is 0 Å². The van der Waals surface area contributed by atoms with Crippen molar-refractivity contribution in [3.05, 3.63) is 66.0 Å². The van der Waals surface area contributed by atoms with Crippen LogP contribution in [0.25, 0.3) is 0 Å². The molecule has 0 bridgehead atoms. The van der Waals surface area contributed by atoms with E-state index in [1.807, 2.05) is 18.3 Å². The number of rotatable bonds is 8. The molecule has 1 saturated heterocycles. The second-order valence-electron chi connectivity index (χ2n) is 6.93. The minimum Gasteiger partial charge on any atom is -0.299 e. The molecule has 1 aromatic carbocycles. The topological polar surface area (TPSA) is 50.3 Å². The molecule has 0 saturated carbocycles. The standard InChI is InChI=1S/C20H26N2O2S/c23-25(24)14-10-19(17-25)9-13-22(16-20-7-4-11-21-15-20)12-8-18-5-2-1-3-6-18/h1-7,11,15,19H,8-10,12-14,16-17H2. The van der Waals surface area contributed by atoms with Gasteiger partial charge in [0, 0.05) is 25.5 Å². The van der Waals surface area contributed by atoms with Gasteiger partial charge in [-0.2, -0.15) is 0 Å². The maximum absolute atomic E-state index is 11.7. The fourth-order valence-electron chi connectivity index (χ4n) is 3.42. The van der Waals surface area contributed by atoms with Crippen molar-refractivity contribution in [2.24, 2.45) is 5.92 Å². The summed E-state index contributed by atoms with van der Waals surface area (Å²) in [5.41, 5.74) is 2.54. The molecule has 0 aliphatic carbocycles. The maximum Gasteiger partial charge on any atom is 0.150 e. The minimum atomic E-state index is -2.79. The molecule has 134 valence electrons. The molecule has 2 aromatic rings. The van der Waals surface area contributed by atoms with Crippen molar-refractivity contribution in [1.29, 1.82) is 0 Å². The first-order valence-corrected chi connectivity index (χ1v) is 10.8. The van der Waals surface area contributed by atoms with Crippen LogP contribution in [-0.4, -0.2) is 42.9 Å². The zero-order valence-electron chi connectivity index (χ0n) is 14.5. The molecule has 0 spiro atoms. The molecular formula is C20H26N2O2S. The van der Waals surface area contributed by atoms with E-state index in [1.165, 1.54) is 11.1 Å². The second kappa shape index (κ2) is 8.59. The van der Waals surface area contributed by atoms with E-state index in [-0.39, 0.29) is 0 Å². The first kappa shape index (κ1) is 18.1. The third kappa shape index (κ3) is 5.94. The predicted molar refractivity (Wildman–Crippen MR) is 101 cm³/mol. The van der Waals surface area contributed by atoms with E-state index in [1.54, 1.807) is 6.20 Å². The van der Waals surface area contributed by atoms with E-state index in [2.05, 4.69) is 40.2 Å². The van der Waals surface area contributed by atoms with Gasteiger partial charge in [0.05, 0.1) is 11.5 Å². The van der Waals surface area contributed by atoms with Gasteiger partial charge in [0.1, 0.15) is 0 Å². The van der Waals surface area contributed by atoms with Crippen LogP contribution in [-0.2, 0) is 22.8 Å². The van der Waals surface area contributed by atoms with E-state index in [0.29, 0.717) is 17.4 Å². The van der Waals surface area contributed by atoms with Crippen LogP contribution in [0, 0.1) is 5.92 Å². The Morgan fingerprint density at radius 2 is 1.84 bits per heavy atom. The molecule has 0 amide bonds. The molecule has 1 unspecified atom stereocenters. The molecule has 5 heteroatoms. The highest BCUT2D eigenvalue weighted by Gasteiger charge is 2.27. The lowest BCUT2D eigenvalue weighted by Crippen LogP contribution is -2.28. The van der Waals surface area contributed by atoms with Gasteiger partial charge in [-0.1, -0.05) is 36.4 Å². The first-order chi connectivity index (χ1) is 12.1. The molecule has 1 atom stereocenters. The summed E-state index contributed by atoms with van der Waals surface area (Å²) in [5.74, 6) is 1.05. The number of hydrogen-bond donors (Lipinski definition) is 0. The Morgan fingerprint density at radius 1 is 1.04 bits per heavy atom. The summed E-state index contributed by atoms with van der Waals surface area (Å²) < 4.78 is 23.3. The average molecular weight is 359 g/mol. The van der Waals surface area contributed by atoms with Crippen LogP contribution in [0.2, 0.25) is 0 Å². The fourth-order valence-corrected chi connectivity index (χ4v) is 5.33. The molecule has 1 aliphatic heterocycles. The van der Waals surface area contributed by atoms with Crippen LogP contribution in [0.1, 0.15) is 24.0 Å². The van der Waals surface area contributed by atoms with Crippen LogP contribution in [0.4, 0.5) is 0 Å². The van der Waals surface area contributed by atoms with Gasteiger partial charge in [-0.05, 0) is 48.9 Å². The van der Waals surface area contributed by atoms with Crippen molar-refractivity contribution in [2.75, 3.05) is 24.6 Å². The number of nitrogens with zero attached hydrogens (tertiary/aromatic N) is 2. The number of pyridine rings is 1. The lowest BCUT2D eigenvalue weighted by atomic mass is 10.0. The first-order valence-electron chi connectivity index (χ1n) is 8.96. The van der Waals surface area contributed by atoms with Gasteiger partial charge in [-0.3, -0.25) is 9.88 Å². The molecule has 3 rings (SSSR count). The van der Waals surface area contributed by atoms with Gasteiger partial charge < -0.3 is 0 Å². The zero-order valence-corrected chi connectivity index (χ0v) is 15.4. The summed E-state index contributed by atoms with van der Waals surface area (Å²) in [6.45, 7) is 2.76. The Balaban J connectivity index is 1.57. The molecule has 0 radical (unpaired) electrons. The predicted octanol–water partition coefficient (Wildman–Crippen LogP) is 2.95. The molecule has 1 aliphatic rings. The van der Waals surface area contributed by atoms with Crippen LogP contribution < -0.4 is 0 Å². The van der Waals surface area contributed by atoms with Crippen LogP contribution in [0.5, 0.6) is 0 Å². The minimum absolute atomic E-state index is 0.318. The molecule has 2 heterocycles. The lowest BCUT2D eigenvalue weighted by Gasteiger charge is -2.23. The number of hydrogen-bond acceptors (Lipinski definition) is 4. The Hall–Kier alpha value is -1.72. The van der Waals surface area contributed by atoms with Crippen molar-refractivity contribution in [3.63, 3.8) is 0 Å². The van der Waals surface area contributed by atoms with Gasteiger partial charge in [-0.15, -0.1) is 0 Å². The zero-order chi connectivity index (χ0) is 17.5. The highest BCUT2D eigenvalue weighted by Crippen LogP contribution is 2.22. The summed E-state index contributed by atoms with van der Waals surface area (Å²) >= 11 is 0. The van der Waals surface area contributed by atoms with Crippen LogP contribution in [0.15, 0.2) is 54.9 Å². The molecule has 4 nitrogen and oxygen atoms in total. The Labute approximate surface area is 150 Å². The Kier molecular flexibility index (Phi) is 6.21. The summed E-state index contributed by atoms with van der Waals surface area (Å²) in [4.78, 5) is 6.63. The molecule has 0 N–H and O–H groups in total. The summed E-state index contributed by atoms with van der Waals surface area (Å²) in [7, 11) is -2.79. The van der Waals surface area contributed by atoms with Crippen molar-refractivity contribution >= 4 is 9.84 Å². The van der Waals surface area contributed by atoms with Gasteiger partial charge in [-0.25, -0.2) is 8.42 Å². The highest BCUT2D eigenvalue weighted by atomic mass is 32.2. The van der Waals surface area contributed by atoms with Crippen molar-refractivity contribution < 1.29 is 8.42 Å². The molecule has 1 fully saturated rings. The van der Waals surface area contributed by atoms with E-state index in [0.717, 1.165) is 38.9 Å². The second-order valence-corrected chi connectivity index (χ2v) is 9.16. The normalized spacial score (nSPS) is 19.3.